The van der Waals surface area contributed by atoms with Gasteiger partial charge in [-0.05, 0) is 11.3 Å². The first-order chi connectivity index (χ1) is 9.61. The lowest BCUT2D eigenvalue weighted by molar-refractivity contribution is -0.577. The van der Waals surface area contributed by atoms with Crippen LogP contribution >= 0.6 is 11.3 Å². The number of benzene rings is 1. The van der Waals surface area contributed by atoms with Crippen molar-refractivity contribution >= 4 is 33.3 Å². The minimum Gasteiger partial charge on any atom is -0.615 e. The fourth-order valence-corrected chi connectivity index (χ4v) is 2.49. The number of nitrogens with two attached hydrogens (primary N) is 1. The van der Waals surface area contributed by atoms with Gasteiger partial charge < -0.3 is 15.7 Å². The van der Waals surface area contributed by atoms with Gasteiger partial charge in [-0.25, -0.2) is 4.79 Å². The molecule has 112 valence electrons. The van der Waals surface area contributed by atoms with E-state index >= 15 is 0 Å². The topological polar surface area (TPSA) is 122 Å². The van der Waals surface area contributed by atoms with Gasteiger partial charge in [0.2, 0.25) is 5.52 Å². The first kappa shape index (κ1) is 14.8. The van der Waals surface area contributed by atoms with E-state index in [1.54, 1.807) is 0 Å². The van der Waals surface area contributed by atoms with Gasteiger partial charge in [0.15, 0.2) is 4.70 Å². The van der Waals surface area contributed by atoms with Crippen molar-refractivity contribution < 1.29 is 32.4 Å². The van der Waals surface area contributed by atoms with Crippen LogP contribution in [0.1, 0.15) is 5.56 Å². The van der Waals surface area contributed by atoms with Crippen molar-refractivity contribution in [3.05, 3.63) is 33.0 Å². The van der Waals surface area contributed by atoms with Crippen LogP contribution in [0.3, 0.4) is 0 Å². The molecule has 0 radical (unpaired) electrons. The number of hydrogen-bond acceptors (Lipinski definition) is 6. The molecule has 2 aromatic rings. The summed E-state index contributed by atoms with van der Waals surface area (Å²) >= 11 is 0.345. The minimum atomic E-state index is -4.88. The minimum absolute atomic E-state index is 0.160. The lowest BCUT2D eigenvalue weighted by Gasteiger charge is -2.05. The highest BCUT2D eigenvalue weighted by Crippen LogP contribution is 2.39. The number of primary amides is 1. The third kappa shape index (κ3) is 2.65. The molecule has 0 saturated carbocycles. The molecule has 1 aromatic heterocycles. The number of carbonyl (C=O) groups excluding carboxylic acids is 1. The highest BCUT2D eigenvalue weighted by Gasteiger charge is 2.37. The largest absolute Gasteiger partial charge is 0.615 e. The van der Waals surface area contributed by atoms with Crippen LogP contribution in [-0.4, -0.2) is 11.0 Å². The fraction of sp³-hybridized carbons (Fsp3) is 0.111. The van der Waals surface area contributed by atoms with Crippen molar-refractivity contribution in [1.29, 1.82) is 0 Å². The molecule has 0 fully saturated rings. The third-order valence-electron chi connectivity index (χ3n) is 2.34. The summed E-state index contributed by atoms with van der Waals surface area (Å²) in [6.07, 6.45) is -6.25. The second-order valence-electron chi connectivity index (χ2n) is 3.68. The molecular weight excluding hydrogens is 319 g/mol. The predicted molar refractivity (Wildman–Crippen MR) is 62.7 cm³/mol. The number of non-ortho nitro benzene ring substituents is 1. The molecule has 1 amide bonds. The number of hydrogen-bond donors (Lipinski definition) is 1. The van der Waals surface area contributed by atoms with E-state index in [1.165, 1.54) is 0 Å². The quantitative estimate of drug-likeness (QED) is 0.391. The molecule has 21 heavy (non-hydrogen) atoms. The van der Waals surface area contributed by atoms with Gasteiger partial charge in [0.05, 0.1) is 10.5 Å². The number of halogens is 3. The Balaban J connectivity index is 2.79. The second kappa shape index (κ2) is 4.73. The Morgan fingerprint density at radius 3 is 2.52 bits per heavy atom. The molecule has 12 heteroatoms. The van der Waals surface area contributed by atoms with E-state index < -0.39 is 39.2 Å². The Labute approximate surface area is 116 Å². The Morgan fingerprint density at radius 1 is 1.43 bits per heavy atom. The highest BCUT2D eigenvalue weighted by molar-refractivity contribution is 7.20. The summed E-state index contributed by atoms with van der Waals surface area (Å²) in [5.74, 6) is 0. The van der Waals surface area contributed by atoms with E-state index in [-0.39, 0.29) is 9.43 Å². The molecule has 8 nitrogen and oxygen atoms in total. The van der Waals surface area contributed by atoms with Gasteiger partial charge in [0.1, 0.15) is 0 Å². The van der Waals surface area contributed by atoms with Gasteiger partial charge in [0.25, 0.3) is 5.69 Å². The first-order valence-electron chi connectivity index (χ1n) is 5.00. The van der Waals surface area contributed by atoms with E-state index in [2.05, 4.69) is 4.74 Å². The Hall–Kier alpha value is -2.63. The summed E-state index contributed by atoms with van der Waals surface area (Å²) in [7, 11) is 0. The molecule has 0 atom stereocenters. The summed E-state index contributed by atoms with van der Waals surface area (Å²) in [6.45, 7) is 0. The predicted octanol–water partition coefficient (Wildman–Crippen LogP) is 1.92. The third-order valence-corrected chi connectivity index (χ3v) is 3.38. The van der Waals surface area contributed by atoms with Crippen LogP contribution in [0.5, 0.6) is 5.19 Å². The molecule has 2 rings (SSSR count). The molecule has 1 aromatic carbocycles. The highest BCUT2D eigenvalue weighted by atomic mass is 32.1. The number of carbonyl (C=O) groups is 1. The summed E-state index contributed by atoms with van der Waals surface area (Å²) in [5, 5.41) is 21.9. The van der Waals surface area contributed by atoms with Crippen molar-refractivity contribution in [3.8, 4) is 5.19 Å². The molecule has 0 aliphatic carbocycles. The number of rotatable bonds is 2. The normalized spacial score (nSPS) is 11.6. The van der Waals surface area contributed by atoms with Crippen LogP contribution in [0.2, 0.25) is 0 Å². The van der Waals surface area contributed by atoms with Gasteiger partial charge in [-0.3, -0.25) is 10.1 Å². The van der Waals surface area contributed by atoms with Crippen LogP contribution in [-0.2, 0) is 6.18 Å². The molecule has 0 unspecified atom stereocenters. The summed E-state index contributed by atoms with van der Waals surface area (Å²) in [4.78, 5) is 20.4. The number of nitrogens with zero attached hydrogens (tertiary/aromatic N) is 2. The first-order valence-corrected chi connectivity index (χ1v) is 5.82. The zero-order chi connectivity index (χ0) is 15.9. The fourth-order valence-electron chi connectivity index (χ4n) is 1.53. The van der Waals surface area contributed by atoms with Crippen molar-refractivity contribution in [2.45, 2.75) is 6.18 Å². The number of amides is 1. The lowest BCUT2D eigenvalue weighted by Crippen LogP contribution is -2.30. The number of ether oxygens (including phenoxy) is 1. The van der Waals surface area contributed by atoms with Crippen molar-refractivity contribution in [1.82, 2.24) is 0 Å². The molecule has 1 heterocycles. The Bertz CT molecular complexity index is 757. The number of aromatic nitrogens is 1. The van der Waals surface area contributed by atoms with E-state index in [1.807, 2.05) is 0 Å². The van der Waals surface area contributed by atoms with Gasteiger partial charge in [0, 0.05) is 12.1 Å². The Morgan fingerprint density at radius 2 is 2.05 bits per heavy atom. The van der Waals surface area contributed by atoms with E-state index in [9.17, 15) is 33.3 Å². The van der Waals surface area contributed by atoms with Crippen LogP contribution in [0.15, 0.2) is 12.1 Å². The molecule has 0 aliphatic heterocycles. The zero-order valence-electron chi connectivity index (χ0n) is 9.71. The van der Waals surface area contributed by atoms with Crippen LogP contribution in [0.25, 0.3) is 10.2 Å². The number of alkyl halides is 3. The zero-order valence-corrected chi connectivity index (χ0v) is 10.5. The molecule has 0 saturated heterocycles. The number of fused-ring (bicyclic) bond motifs is 1. The number of nitro benzene ring substituents is 1. The average Bonchev–Trinajstić information content (AvgIpc) is 2.63. The van der Waals surface area contributed by atoms with E-state index in [0.29, 0.717) is 23.5 Å². The maximum atomic E-state index is 12.7. The molecule has 0 spiro atoms. The standard InChI is InChI=1S/C9H4F3N3O5S/c10-9(11,12)3-1-4-6(5(2-3)15(18)19)21-8(14(4)17)20-7(13)16/h1-2H,(H2,13,16). The number of thiazole rings is 1. The average molecular weight is 323 g/mol. The molecule has 0 aliphatic rings. The van der Waals surface area contributed by atoms with Gasteiger partial charge in [-0.15, -0.1) is 4.73 Å². The second-order valence-corrected chi connectivity index (χ2v) is 4.64. The molecule has 2 N–H and O–H groups in total. The van der Waals surface area contributed by atoms with Crippen LogP contribution in [0, 0.1) is 15.3 Å². The van der Waals surface area contributed by atoms with Crippen LogP contribution in [0.4, 0.5) is 23.7 Å². The smallest absolute Gasteiger partial charge is 0.452 e. The lowest BCUT2D eigenvalue weighted by atomic mass is 10.2. The number of nitro groups is 1. The van der Waals surface area contributed by atoms with Gasteiger partial charge in [-0.1, -0.05) is 0 Å². The van der Waals surface area contributed by atoms with Gasteiger partial charge >= 0.3 is 17.5 Å². The summed E-state index contributed by atoms with van der Waals surface area (Å²) in [6, 6.07) is 0.729. The summed E-state index contributed by atoms with van der Waals surface area (Å²) in [5.41, 5.74) is 1.76. The van der Waals surface area contributed by atoms with Crippen molar-refractivity contribution in [3.63, 3.8) is 0 Å². The summed E-state index contributed by atoms with van der Waals surface area (Å²) < 4.78 is 41.8. The van der Waals surface area contributed by atoms with Crippen molar-refractivity contribution in [2.24, 2.45) is 5.73 Å². The van der Waals surface area contributed by atoms with Gasteiger partial charge in [-0.2, -0.15) is 13.2 Å². The molecular formula is C9H4F3N3O5S. The van der Waals surface area contributed by atoms with E-state index in [0.717, 1.165) is 0 Å². The van der Waals surface area contributed by atoms with Crippen molar-refractivity contribution in [2.75, 3.05) is 0 Å². The maximum Gasteiger partial charge on any atom is 0.452 e. The molecule has 0 bridgehead atoms. The monoisotopic (exact) mass is 323 g/mol. The van der Waals surface area contributed by atoms with E-state index in [4.69, 9.17) is 5.73 Å². The Kier molecular flexibility index (Phi) is 3.33. The maximum absolute atomic E-state index is 12.7. The SMILES string of the molecule is NC(=O)Oc1sc2c([N+](=O)[O-])cc(C(F)(F)F)cc2[n+]1[O-]. The van der Waals surface area contributed by atoms with Crippen LogP contribution < -0.4 is 15.2 Å².